The van der Waals surface area contributed by atoms with E-state index in [1.54, 1.807) is 31.2 Å². The molecule has 164 valence electrons. The lowest BCUT2D eigenvalue weighted by Gasteiger charge is -2.10. The minimum Gasteiger partial charge on any atom is -0.492 e. The maximum Gasteiger partial charge on any atom is 0.229 e. The number of sulfonamides is 1. The Morgan fingerprint density at radius 3 is 2.55 bits per heavy atom. The van der Waals surface area contributed by atoms with Gasteiger partial charge in [-0.1, -0.05) is 35.2 Å². The summed E-state index contributed by atoms with van der Waals surface area (Å²) in [5.41, 5.74) is 1.70. The molecule has 1 heterocycles. The van der Waals surface area contributed by atoms with Gasteiger partial charge in [-0.3, -0.25) is 9.52 Å². The molecular weight excluding hydrogens is 456 g/mol. The number of nitrogens with zero attached hydrogens (tertiary/aromatic N) is 2. The first kappa shape index (κ1) is 23.0. The monoisotopic (exact) mass is 478 g/mol. The molecule has 0 saturated carbocycles. The van der Waals surface area contributed by atoms with Crippen molar-refractivity contribution in [1.29, 1.82) is 0 Å². The lowest BCUT2D eigenvalue weighted by atomic mass is 10.1. The molecule has 1 unspecified atom stereocenters. The first-order valence-corrected chi connectivity index (χ1v) is 12.9. The topological polar surface area (TPSA) is 110 Å². The van der Waals surface area contributed by atoms with Crippen molar-refractivity contribution in [3.8, 4) is 5.75 Å². The van der Waals surface area contributed by atoms with Crippen LogP contribution in [0.2, 0.25) is 0 Å². The molecule has 0 spiro atoms. The highest BCUT2D eigenvalue weighted by atomic mass is 32.2. The summed E-state index contributed by atoms with van der Waals surface area (Å²) < 4.78 is 31.2. The van der Waals surface area contributed by atoms with Gasteiger partial charge in [-0.05, 0) is 50.2 Å². The van der Waals surface area contributed by atoms with Crippen LogP contribution in [0.4, 0.5) is 16.5 Å². The van der Waals surface area contributed by atoms with Crippen molar-refractivity contribution in [1.82, 2.24) is 10.2 Å². The molecule has 0 saturated heterocycles. The first-order chi connectivity index (χ1) is 14.7. The fraction of sp³-hybridized carbons (Fsp3) is 0.250. The number of benzene rings is 2. The number of anilines is 3. The van der Waals surface area contributed by atoms with Gasteiger partial charge in [0.25, 0.3) is 0 Å². The zero-order valence-corrected chi connectivity index (χ0v) is 19.6. The van der Waals surface area contributed by atoms with E-state index in [-0.39, 0.29) is 11.0 Å². The zero-order chi connectivity index (χ0) is 22.4. The van der Waals surface area contributed by atoms with Crippen molar-refractivity contribution in [3.63, 3.8) is 0 Å². The summed E-state index contributed by atoms with van der Waals surface area (Å²) in [5.74, 6) is 0.647. The molecule has 0 aliphatic heterocycles. The smallest absolute Gasteiger partial charge is 0.229 e. The number of para-hydroxylation sites is 2. The predicted molar refractivity (Wildman–Crippen MR) is 125 cm³/mol. The number of ketones is 1. The number of carbonyl (C=O) groups is 1. The Labute approximate surface area is 189 Å². The summed E-state index contributed by atoms with van der Waals surface area (Å²) in [6.07, 6.45) is 1.07. The van der Waals surface area contributed by atoms with Gasteiger partial charge in [0, 0.05) is 11.3 Å². The number of hydrogen-bond acceptors (Lipinski definition) is 9. The normalized spacial score (nSPS) is 12.2. The van der Waals surface area contributed by atoms with Crippen molar-refractivity contribution in [2.45, 2.75) is 23.4 Å². The Morgan fingerprint density at radius 2 is 1.87 bits per heavy atom. The van der Waals surface area contributed by atoms with E-state index in [4.69, 9.17) is 4.74 Å². The molecular formula is C20H22N4O4S3. The van der Waals surface area contributed by atoms with Crippen LogP contribution in [0.25, 0.3) is 0 Å². The summed E-state index contributed by atoms with van der Waals surface area (Å²) in [6.45, 7) is 4.28. The molecule has 2 aromatic carbocycles. The van der Waals surface area contributed by atoms with E-state index in [0.717, 1.165) is 17.7 Å². The third kappa shape index (κ3) is 6.68. The largest absolute Gasteiger partial charge is 0.492 e. The van der Waals surface area contributed by atoms with Crippen molar-refractivity contribution in [3.05, 3.63) is 54.1 Å². The molecule has 2 N–H and O–H groups in total. The van der Waals surface area contributed by atoms with Crippen LogP contribution < -0.4 is 14.8 Å². The van der Waals surface area contributed by atoms with Crippen LogP contribution in [0.3, 0.4) is 0 Å². The lowest BCUT2D eigenvalue weighted by molar-refractivity contribution is 0.0994. The molecule has 3 aromatic rings. The number of rotatable bonds is 10. The molecule has 11 heteroatoms. The summed E-state index contributed by atoms with van der Waals surface area (Å²) in [4.78, 5) is 12.7. The average molecular weight is 479 g/mol. The van der Waals surface area contributed by atoms with Crippen LogP contribution in [-0.2, 0) is 10.0 Å². The number of carbonyl (C=O) groups excluding carboxylic acids is 1. The predicted octanol–water partition coefficient (Wildman–Crippen LogP) is 4.42. The highest BCUT2D eigenvalue weighted by Crippen LogP contribution is 2.34. The van der Waals surface area contributed by atoms with Gasteiger partial charge in [-0.2, -0.15) is 0 Å². The second-order valence-electron chi connectivity index (χ2n) is 6.50. The Morgan fingerprint density at radius 1 is 1.16 bits per heavy atom. The van der Waals surface area contributed by atoms with Gasteiger partial charge < -0.3 is 10.1 Å². The first-order valence-electron chi connectivity index (χ1n) is 9.36. The Balaban J connectivity index is 1.63. The van der Waals surface area contributed by atoms with Crippen LogP contribution in [0.5, 0.6) is 5.75 Å². The number of nitrogens with one attached hydrogen (secondary N) is 2. The van der Waals surface area contributed by atoms with Crippen molar-refractivity contribution < 1.29 is 17.9 Å². The third-order valence-corrected chi connectivity index (χ3v) is 6.58. The molecule has 1 aromatic heterocycles. The number of hydrogen-bond donors (Lipinski definition) is 2. The van der Waals surface area contributed by atoms with Crippen LogP contribution in [0, 0.1) is 0 Å². The van der Waals surface area contributed by atoms with Gasteiger partial charge in [0.2, 0.25) is 15.2 Å². The summed E-state index contributed by atoms with van der Waals surface area (Å²) in [5, 5.41) is 11.7. The van der Waals surface area contributed by atoms with Crippen LogP contribution in [-0.4, -0.2) is 42.5 Å². The maximum absolute atomic E-state index is 12.7. The van der Waals surface area contributed by atoms with E-state index in [1.807, 2.05) is 31.2 Å². The second-order valence-corrected chi connectivity index (χ2v) is 10.8. The van der Waals surface area contributed by atoms with E-state index in [0.29, 0.717) is 27.3 Å². The molecule has 0 fully saturated rings. The highest BCUT2D eigenvalue weighted by molar-refractivity contribution is 8.02. The van der Waals surface area contributed by atoms with Crippen molar-refractivity contribution >= 4 is 55.4 Å². The summed E-state index contributed by atoms with van der Waals surface area (Å²) >= 11 is 2.67. The number of ether oxygens (including phenoxy) is 1. The van der Waals surface area contributed by atoms with Gasteiger partial charge >= 0.3 is 0 Å². The summed E-state index contributed by atoms with van der Waals surface area (Å²) in [6, 6.07) is 13.9. The van der Waals surface area contributed by atoms with Crippen molar-refractivity contribution in [2.24, 2.45) is 0 Å². The zero-order valence-electron chi connectivity index (χ0n) is 17.2. The average Bonchev–Trinajstić information content (AvgIpc) is 3.15. The maximum atomic E-state index is 12.7. The fourth-order valence-electron chi connectivity index (χ4n) is 2.63. The van der Waals surface area contributed by atoms with E-state index >= 15 is 0 Å². The molecule has 0 bridgehead atoms. The number of thioether (sulfide) groups is 1. The van der Waals surface area contributed by atoms with Crippen molar-refractivity contribution in [2.75, 3.05) is 22.9 Å². The van der Waals surface area contributed by atoms with E-state index in [2.05, 4.69) is 20.2 Å². The highest BCUT2D eigenvalue weighted by Gasteiger charge is 2.19. The Kier molecular flexibility index (Phi) is 7.52. The minimum atomic E-state index is -3.36. The molecule has 1 atom stereocenters. The fourth-order valence-corrected chi connectivity index (χ4v) is 5.18. The molecule has 8 nitrogen and oxygen atoms in total. The number of aromatic nitrogens is 2. The molecule has 0 radical (unpaired) electrons. The molecule has 0 aliphatic rings. The SMILES string of the molecule is CCOc1ccccc1Nc1nnc(SC(C)C(=O)c2ccc(NS(C)(=O)=O)cc2)s1. The van der Waals surface area contributed by atoms with Gasteiger partial charge in [0.05, 0.1) is 23.8 Å². The second kappa shape index (κ2) is 10.1. The molecule has 0 amide bonds. The molecule has 3 rings (SSSR count). The lowest BCUT2D eigenvalue weighted by Crippen LogP contribution is -2.14. The van der Waals surface area contributed by atoms with E-state index in [9.17, 15) is 13.2 Å². The molecule has 0 aliphatic carbocycles. The quantitative estimate of drug-likeness (QED) is 0.326. The standard InChI is InChI=1S/C20H22N4O4S3/c1-4-28-17-8-6-5-7-16(17)21-19-22-23-20(30-19)29-13(2)18(25)14-9-11-15(12-10-14)24-31(3,26)27/h5-13,24H,4H2,1-3H3,(H,21,22). The van der Waals surface area contributed by atoms with E-state index in [1.165, 1.54) is 23.1 Å². The Hall–Kier alpha value is -2.63. The van der Waals surface area contributed by atoms with Gasteiger partial charge in [0.15, 0.2) is 10.1 Å². The molecule has 31 heavy (non-hydrogen) atoms. The Bertz CT molecular complexity index is 1150. The van der Waals surface area contributed by atoms with Gasteiger partial charge in [-0.25, -0.2) is 8.42 Å². The van der Waals surface area contributed by atoms with Crippen LogP contribution in [0.1, 0.15) is 24.2 Å². The minimum absolute atomic E-state index is 0.0812. The summed E-state index contributed by atoms with van der Waals surface area (Å²) in [7, 11) is -3.36. The van der Waals surface area contributed by atoms with E-state index < -0.39 is 10.0 Å². The number of Topliss-reactive ketones (excluding diaryl/α,β-unsaturated/α-hetero) is 1. The van der Waals surface area contributed by atoms with Crippen LogP contribution >= 0.6 is 23.1 Å². The third-order valence-electron chi connectivity index (χ3n) is 3.95. The van der Waals surface area contributed by atoms with Gasteiger partial charge in [0.1, 0.15) is 5.75 Å². The van der Waals surface area contributed by atoms with Crippen LogP contribution in [0.15, 0.2) is 52.9 Å². The van der Waals surface area contributed by atoms with Gasteiger partial charge in [-0.15, -0.1) is 10.2 Å².